The lowest BCUT2D eigenvalue weighted by atomic mass is 9.92. The first-order chi connectivity index (χ1) is 10.5. The summed E-state index contributed by atoms with van der Waals surface area (Å²) in [6.45, 7) is 5.18. The quantitative estimate of drug-likeness (QED) is 0.899. The fraction of sp³-hybridized carbons (Fsp3) is 0.588. The lowest BCUT2D eigenvalue weighted by Gasteiger charge is -2.33. The van der Waals surface area contributed by atoms with Gasteiger partial charge < -0.3 is 20.1 Å². The van der Waals surface area contributed by atoms with Crippen molar-refractivity contribution in [2.45, 2.75) is 38.9 Å². The van der Waals surface area contributed by atoms with Crippen molar-refractivity contribution in [2.24, 2.45) is 5.92 Å². The Labute approximate surface area is 132 Å². The van der Waals surface area contributed by atoms with Gasteiger partial charge in [-0.2, -0.15) is 0 Å². The number of ether oxygens (including phenoxy) is 1. The second-order valence-corrected chi connectivity index (χ2v) is 6.00. The van der Waals surface area contributed by atoms with Crippen LogP contribution in [0, 0.1) is 5.92 Å². The largest absolute Gasteiger partial charge is 0.393 e. The number of likely N-dealkylation sites (tertiary alicyclic amines) is 1. The number of aliphatic hydroxyl groups excluding tert-OH is 1. The average molecular weight is 306 g/mol. The minimum absolute atomic E-state index is 0.00126. The highest BCUT2D eigenvalue weighted by atomic mass is 16.5. The molecule has 1 heterocycles. The van der Waals surface area contributed by atoms with Gasteiger partial charge in [-0.15, -0.1) is 0 Å². The first-order valence-corrected chi connectivity index (χ1v) is 7.88. The molecule has 1 saturated heterocycles. The molecule has 2 rings (SSSR count). The van der Waals surface area contributed by atoms with Crippen LogP contribution in [0.1, 0.15) is 38.4 Å². The summed E-state index contributed by atoms with van der Waals surface area (Å²) in [5.74, 6) is 0.301. The minimum Gasteiger partial charge on any atom is -0.393 e. The number of urea groups is 1. The number of hydrogen-bond donors (Lipinski definition) is 2. The molecule has 0 spiro atoms. The van der Waals surface area contributed by atoms with E-state index in [1.807, 2.05) is 43.0 Å². The molecule has 1 aromatic carbocycles. The number of nitrogens with one attached hydrogen (secondary N) is 1. The second kappa shape index (κ2) is 7.61. The molecule has 2 N–H and O–H groups in total. The summed E-state index contributed by atoms with van der Waals surface area (Å²) in [6, 6.07) is 7.64. The van der Waals surface area contributed by atoms with Crippen LogP contribution in [0.25, 0.3) is 0 Å². The molecule has 2 amide bonds. The number of amides is 2. The first kappa shape index (κ1) is 16.8. The van der Waals surface area contributed by atoms with Crippen molar-refractivity contribution in [1.29, 1.82) is 0 Å². The maximum atomic E-state index is 12.3. The molecule has 0 saturated carbocycles. The topological polar surface area (TPSA) is 61.8 Å². The minimum atomic E-state index is -0.294. The third-order valence-electron chi connectivity index (χ3n) is 4.47. The highest BCUT2D eigenvalue weighted by molar-refractivity contribution is 5.89. The number of benzene rings is 1. The Balaban J connectivity index is 1.92. The molecule has 0 bridgehead atoms. The van der Waals surface area contributed by atoms with Gasteiger partial charge in [0.2, 0.25) is 0 Å². The molecule has 22 heavy (non-hydrogen) atoms. The van der Waals surface area contributed by atoms with Crippen LogP contribution in [0.2, 0.25) is 0 Å². The summed E-state index contributed by atoms with van der Waals surface area (Å²) in [7, 11) is 1.67. The van der Waals surface area contributed by atoms with Crippen LogP contribution >= 0.6 is 0 Å². The molecule has 5 heteroatoms. The van der Waals surface area contributed by atoms with E-state index in [0.29, 0.717) is 19.0 Å². The number of hydrogen-bond acceptors (Lipinski definition) is 3. The molecule has 1 fully saturated rings. The molecule has 2 atom stereocenters. The summed E-state index contributed by atoms with van der Waals surface area (Å²) >= 11 is 0. The van der Waals surface area contributed by atoms with E-state index < -0.39 is 0 Å². The van der Waals surface area contributed by atoms with Crippen molar-refractivity contribution in [2.75, 3.05) is 25.5 Å². The van der Waals surface area contributed by atoms with Crippen LogP contribution in [0.5, 0.6) is 0 Å². The number of carbonyl (C=O) groups excluding carboxylic acids is 1. The number of rotatable bonds is 4. The molecule has 1 aromatic rings. The second-order valence-electron chi connectivity index (χ2n) is 6.00. The maximum Gasteiger partial charge on any atom is 0.321 e. The van der Waals surface area contributed by atoms with Crippen LogP contribution in [0.15, 0.2) is 24.3 Å². The van der Waals surface area contributed by atoms with E-state index in [9.17, 15) is 9.90 Å². The van der Waals surface area contributed by atoms with E-state index in [1.54, 1.807) is 7.11 Å². The van der Waals surface area contributed by atoms with E-state index in [0.717, 1.165) is 24.1 Å². The average Bonchev–Trinajstić information content (AvgIpc) is 2.54. The third kappa shape index (κ3) is 4.21. The summed E-state index contributed by atoms with van der Waals surface area (Å²) in [5, 5.41) is 12.6. The zero-order valence-corrected chi connectivity index (χ0v) is 13.6. The molecule has 122 valence electrons. The smallest absolute Gasteiger partial charge is 0.321 e. The van der Waals surface area contributed by atoms with Crippen LogP contribution in [-0.4, -0.2) is 42.3 Å². The van der Waals surface area contributed by atoms with E-state index in [2.05, 4.69) is 5.32 Å². The maximum absolute atomic E-state index is 12.3. The van der Waals surface area contributed by atoms with Crippen LogP contribution < -0.4 is 5.32 Å². The molecule has 0 aliphatic carbocycles. The fourth-order valence-electron chi connectivity index (χ4n) is 2.79. The van der Waals surface area contributed by atoms with Crippen LogP contribution in [0.3, 0.4) is 0 Å². The van der Waals surface area contributed by atoms with Crippen molar-refractivity contribution in [1.82, 2.24) is 4.90 Å². The highest BCUT2D eigenvalue weighted by Gasteiger charge is 2.25. The van der Waals surface area contributed by atoms with Crippen LogP contribution in [-0.2, 0) is 4.74 Å². The number of carbonyl (C=O) groups is 1. The van der Waals surface area contributed by atoms with Gasteiger partial charge in [0, 0.05) is 25.9 Å². The Morgan fingerprint density at radius 2 is 2.05 bits per heavy atom. The zero-order valence-electron chi connectivity index (χ0n) is 13.6. The zero-order chi connectivity index (χ0) is 16.1. The van der Waals surface area contributed by atoms with Gasteiger partial charge in [-0.3, -0.25) is 0 Å². The first-order valence-electron chi connectivity index (χ1n) is 7.88. The number of piperidine rings is 1. The molecule has 2 unspecified atom stereocenters. The molecule has 0 aromatic heterocycles. The van der Waals surface area contributed by atoms with Gasteiger partial charge in [-0.1, -0.05) is 12.1 Å². The molecule has 1 aliphatic heterocycles. The number of aliphatic hydroxyl groups is 1. The summed E-state index contributed by atoms with van der Waals surface area (Å²) in [6.07, 6.45) is 1.41. The van der Waals surface area contributed by atoms with Crippen LogP contribution in [0.4, 0.5) is 10.5 Å². The van der Waals surface area contributed by atoms with E-state index >= 15 is 0 Å². The highest BCUT2D eigenvalue weighted by Crippen LogP contribution is 2.22. The van der Waals surface area contributed by atoms with Gasteiger partial charge in [-0.05, 0) is 50.3 Å². The van der Waals surface area contributed by atoms with Gasteiger partial charge in [0.05, 0.1) is 12.2 Å². The molecule has 1 aliphatic rings. The van der Waals surface area contributed by atoms with Gasteiger partial charge in [0.1, 0.15) is 0 Å². The lowest BCUT2D eigenvalue weighted by molar-refractivity contribution is 0.0820. The van der Waals surface area contributed by atoms with Gasteiger partial charge in [0.15, 0.2) is 0 Å². The van der Waals surface area contributed by atoms with Crippen molar-refractivity contribution in [3.8, 4) is 0 Å². The lowest BCUT2D eigenvalue weighted by Crippen LogP contribution is -2.42. The summed E-state index contributed by atoms with van der Waals surface area (Å²) in [5.41, 5.74) is 1.82. The van der Waals surface area contributed by atoms with Crippen molar-refractivity contribution in [3.05, 3.63) is 29.8 Å². The molecule has 0 radical (unpaired) electrons. The van der Waals surface area contributed by atoms with E-state index in [1.165, 1.54) is 0 Å². The Morgan fingerprint density at radius 1 is 1.36 bits per heavy atom. The summed E-state index contributed by atoms with van der Waals surface area (Å²) in [4.78, 5) is 14.1. The van der Waals surface area contributed by atoms with Gasteiger partial charge >= 0.3 is 6.03 Å². The van der Waals surface area contributed by atoms with Crippen molar-refractivity contribution < 1.29 is 14.6 Å². The van der Waals surface area contributed by atoms with Gasteiger partial charge in [0.25, 0.3) is 0 Å². The molecular formula is C17H26N2O3. The SMILES string of the molecule is COC(C)c1cccc(NC(=O)N2CCC(C(C)O)CC2)c1. The Kier molecular flexibility index (Phi) is 5.80. The third-order valence-corrected chi connectivity index (χ3v) is 4.47. The van der Waals surface area contributed by atoms with Crippen molar-refractivity contribution in [3.63, 3.8) is 0 Å². The standard InChI is InChI=1S/C17H26N2O3/c1-12(20)14-7-9-19(10-8-14)17(21)18-16-6-4-5-15(11-16)13(2)22-3/h4-6,11-14,20H,7-10H2,1-3H3,(H,18,21). The Hall–Kier alpha value is -1.59. The Bertz CT molecular complexity index is 496. The summed E-state index contributed by atoms with van der Waals surface area (Å²) < 4.78 is 5.30. The fourth-order valence-corrected chi connectivity index (χ4v) is 2.79. The van der Waals surface area contributed by atoms with Gasteiger partial charge in [-0.25, -0.2) is 4.79 Å². The normalized spacial score (nSPS) is 18.8. The predicted octanol–water partition coefficient (Wildman–Crippen LogP) is 3.02. The molecular weight excluding hydrogens is 280 g/mol. The van der Waals surface area contributed by atoms with E-state index in [-0.39, 0.29) is 18.2 Å². The van der Waals surface area contributed by atoms with Crippen molar-refractivity contribution >= 4 is 11.7 Å². The number of methoxy groups -OCH3 is 1. The number of anilines is 1. The predicted molar refractivity (Wildman–Crippen MR) is 86.9 cm³/mol. The number of nitrogens with zero attached hydrogens (tertiary/aromatic N) is 1. The van der Waals surface area contributed by atoms with E-state index in [4.69, 9.17) is 4.74 Å². The molecule has 5 nitrogen and oxygen atoms in total. The monoisotopic (exact) mass is 306 g/mol. The Morgan fingerprint density at radius 3 is 2.64 bits per heavy atom.